The first kappa shape index (κ1) is 17.0. The van der Waals surface area contributed by atoms with Crippen molar-refractivity contribution in [3.8, 4) is 0 Å². The molecule has 2 aromatic rings. The average molecular weight is 354 g/mol. The lowest BCUT2D eigenvalue weighted by atomic mass is 10.1. The third-order valence-corrected chi connectivity index (χ3v) is 5.39. The quantitative estimate of drug-likeness (QED) is 0.883. The number of amides is 1. The molecule has 1 amide bonds. The van der Waals surface area contributed by atoms with Gasteiger partial charge in [0.2, 0.25) is 5.91 Å². The standard InChI is InChI=1S/C21H23FN2O2/c22-15-3-1-14(2-4-15)19-13-20(19)21(26)23-16-5-7-17(8-6-16)24-11-9-18(25)10-12-24/h1-8,18-20,25H,9-13H2,(H,23,26)/t19-,20+/m0/s1. The highest BCUT2D eigenvalue weighted by Gasteiger charge is 2.43. The Bertz CT molecular complexity index is 768. The Labute approximate surface area is 152 Å². The van der Waals surface area contributed by atoms with Gasteiger partial charge in [-0.3, -0.25) is 4.79 Å². The summed E-state index contributed by atoms with van der Waals surface area (Å²) in [6.45, 7) is 1.71. The summed E-state index contributed by atoms with van der Waals surface area (Å²) in [5.41, 5.74) is 2.93. The van der Waals surface area contributed by atoms with Crippen molar-refractivity contribution in [2.24, 2.45) is 5.92 Å². The zero-order chi connectivity index (χ0) is 18.1. The van der Waals surface area contributed by atoms with Gasteiger partial charge in [0.25, 0.3) is 0 Å². The number of carbonyl (C=O) groups is 1. The summed E-state index contributed by atoms with van der Waals surface area (Å²) in [7, 11) is 0. The first-order chi connectivity index (χ1) is 12.6. The molecule has 0 unspecified atom stereocenters. The molecule has 0 bridgehead atoms. The highest BCUT2D eigenvalue weighted by molar-refractivity contribution is 5.95. The van der Waals surface area contributed by atoms with Gasteiger partial charge in [-0.15, -0.1) is 0 Å². The highest BCUT2D eigenvalue weighted by Crippen LogP contribution is 2.48. The molecule has 2 aliphatic rings. The Morgan fingerprint density at radius 2 is 1.69 bits per heavy atom. The number of piperidine rings is 1. The lowest BCUT2D eigenvalue weighted by Crippen LogP contribution is -2.35. The topological polar surface area (TPSA) is 52.6 Å². The zero-order valence-electron chi connectivity index (χ0n) is 14.6. The van der Waals surface area contributed by atoms with Crippen LogP contribution in [-0.4, -0.2) is 30.2 Å². The minimum atomic E-state index is -0.251. The average Bonchev–Trinajstić information content (AvgIpc) is 3.45. The molecule has 1 aliphatic heterocycles. The monoisotopic (exact) mass is 354 g/mol. The molecular weight excluding hydrogens is 331 g/mol. The lowest BCUT2D eigenvalue weighted by Gasteiger charge is -2.31. The van der Waals surface area contributed by atoms with Gasteiger partial charge in [0.1, 0.15) is 5.82 Å². The van der Waals surface area contributed by atoms with Gasteiger partial charge in [-0.05, 0) is 67.1 Å². The maximum atomic E-state index is 13.0. The molecule has 0 radical (unpaired) electrons. The SMILES string of the molecule is O=C(Nc1ccc(N2CCC(O)CC2)cc1)[C@@H]1C[C@H]1c1ccc(F)cc1. The van der Waals surface area contributed by atoms with E-state index in [0.29, 0.717) is 0 Å². The predicted molar refractivity (Wildman–Crippen MR) is 99.8 cm³/mol. The first-order valence-electron chi connectivity index (χ1n) is 9.19. The minimum absolute atomic E-state index is 0.0215. The van der Waals surface area contributed by atoms with Crippen LogP contribution >= 0.6 is 0 Å². The second kappa shape index (κ2) is 7.08. The predicted octanol–water partition coefficient (Wildman–Crippen LogP) is 3.53. The molecule has 2 atom stereocenters. The number of hydrogen-bond donors (Lipinski definition) is 2. The number of halogens is 1. The summed E-state index contributed by atoms with van der Waals surface area (Å²) in [5.74, 6) is -0.0785. The number of aliphatic hydroxyl groups excluding tert-OH is 1. The van der Waals surface area contributed by atoms with Gasteiger partial charge in [-0.2, -0.15) is 0 Å². The molecule has 2 aromatic carbocycles. The zero-order valence-corrected chi connectivity index (χ0v) is 14.6. The van der Waals surface area contributed by atoms with Crippen molar-refractivity contribution in [1.82, 2.24) is 0 Å². The molecule has 4 rings (SSSR count). The number of nitrogens with one attached hydrogen (secondary N) is 1. The second-order valence-corrected chi connectivity index (χ2v) is 7.25. The number of benzene rings is 2. The Morgan fingerprint density at radius 1 is 1.04 bits per heavy atom. The van der Waals surface area contributed by atoms with E-state index in [9.17, 15) is 14.3 Å². The van der Waals surface area contributed by atoms with Crippen LogP contribution in [0.25, 0.3) is 0 Å². The van der Waals surface area contributed by atoms with E-state index in [2.05, 4.69) is 10.2 Å². The minimum Gasteiger partial charge on any atom is -0.393 e. The second-order valence-electron chi connectivity index (χ2n) is 7.25. The molecule has 26 heavy (non-hydrogen) atoms. The van der Waals surface area contributed by atoms with Crippen molar-refractivity contribution < 1.29 is 14.3 Å². The van der Waals surface area contributed by atoms with Gasteiger partial charge in [0, 0.05) is 30.4 Å². The van der Waals surface area contributed by atoms with E-state index in [-0.39, 0.29) is 29.7 Å². The summed E-state index contributed by atoms with van der Waals surface area (Å²) < 4.78 is 13.0. The van der Waals surface area contributed by atoms with Gasteiger partial charge in [-0.1, -0.05) is 12.1 Å². The van der Waals surface area contributed by atoms with Crippen molar-refractivity contribution in [2.45, 2.75) is 31.3 Å². The molecular formula is C21H23FN2O2. The maximum absolute atomic E-state index is 13.0. The van der Waals surface area contributed by atoms with Crippen LogP contribution in [-0.2, 0) is 4.79 Å². The van der Waals surface area contributed by atoms with E-state index >= 15 is 0 Å². The van der Waals surface area contributed by atoms with Crippen LogP contribution in [0.15, 0.2) is 48.5 Å². The van der Waals surface area contributed by atoms with Gasteiger partial charge < -0.3 is 15.3 Å². The molecule has 1 saturated heterocycles. The molecule has 2 N–H and O–H groups in total. The summed E-state index contributed by atoms with van der Waals surface area (Å²) in [6, 6.07) is 14.3. The third kappa shape index (κ3) is 3.73. The van der Waals surface area contributed by atoms with E-state index < -0.39 is 0 Å². The summed E-state index contributed by atoms with van der Waals surface area (Å²) >= 11 is 0. The van der Waals surface area contributed by atoms with Gasteiger partial charge in [0.05, 0.1) is 6.10 Å². The molecule has 1 heterocycles. The fourth-order valence-corrected chi connectivity index (χ4v) is 3.68. The fraction of sp³-hybridized carbons (Fsp3) is 0.381. The largest absolute Gasteiger partial charge is 0.393 e. The van der Waals surface area contributed by atoms with Crippen molar-refractivity contribution >= 4 is 17.3 Å². The maximum Gasteiger partial charge on any atom is 0.228 e. The van der Waals surface area contributed by atoms with Crippen LogP contribution in [0, 0.1) is 11.7 Å². The number of rotatable bonds is 4. The van der Waals surface area contributed by atoms with Gasteiger partial charge in [-0.25, -0.2) is 4.39 Å². The van der Waals surface area contributed by atoms with Crippen LogP contribution in [0.3, 0.4) is 0 Å². The van der Waals surface area contributed by atoms with Crippen LogP contribution in [0.1, 0.15) is 30.7 Å². The van der Waals surface area contributed by atoms with Crippen molar-refractivity contribution in [3.05, 3.63) is 59.9 Å². The van der Waals surface area contributed by atoms with E-state index in [0.717, 1.165) is 49.3 Å². The number of anilines is 2. The molecule has 0 spiro atoms. The molecule has 2 fully saturated rings. The first-order valence-corrected chi connectivity index (χ1v) is 9.19. The molecule has 0 aromatic heterocycles. The normalized spacial score (nSPS) is 22.9. The van der Waals surface area contributed by atoms with Crippen LogP contribution in [0.2, 0.25) is 0 Å². The van der Waals surface area contributed by atoms with Gasteiger partial charge in [0.15, 0.2) is 0 Å². The Balaban J connectivity index is 1.33. The third-order valence-electron chi connectivity index (χ3n) is 5.39. The number of carbonyl (C=O) groups excluding carboxylic acids is 1. The van der Waals surface area contributed by atoms with E-state index in [1.165, 1.54) is 12.1 Å². The molecule has 136 valence electrons. The number of aliphatic hydroxyl groups is 1. The lowest BCUT2D eigenvalue weighted by molar-refractivity contribution is -0.117. The van der Waals surface area contributed by atoms with Crippen LogP contribution in [0.4, 0.5) is 15.8 Å². The molecule has 4 nitrogen and oxygen atoms in total. The molecule has 1 aliphatic carbocycles. The number of nitrogens with zero attached hydrogens (tertiary/aromatic N) is 1. The Kier molecular flexibility index (Phi) is 4.64. The van der Waals surface area contributed by atoms with E-state index in [4.69, 9.17) is 0 Å². The van der Waals surface area contributed by atoms with Crippen molar-refractivity contribution in [3.63, 3.8) is 0 Å². The summed E-state index contributed by atoms with van der Waals surface area (Å²) in [6.07, 6.45) is 2.22. The summed E-state index contributed by atoms with van der Waals surface area (Å²) in [4.78, 5) is 14.7. The fourth-order valence-electron chi connectivity index (χ4n) is 3.68. The molecule has 1 saturated carbocycles. The van der Waals surface area contributed by atoms with E-state index in [1.807, 2.05) is 24.3 Å². The van der Waals surface area contributed by atoms with Crippen molar-refractivity contribution in [1.29, 1.82) is 0 Å². The smallest absolute Gasteiger partial charge is 0.228 e. The van der Waals surface area contributed by atoms with Gasteiger partial charge >= 0.3 is 0 Å². The summed E-state index contributed by atoms with van der Waals surface area (Å²) in [5, 5.41) is 12.6. The van der Waals surface area contributed by atoms with Crippen molar-refractivity contribution in [2.75, 3.05) is 23.3 Å². The van der Waals surface area contributed by atoms with E-state index in [1.54, 1.807) is 12.1 Å². The van der Waals surface area contributed by atoms with Crippen LogP contribution in [0.5, 0.6) is 0 Å². The number of hydrogen-bond acceptors (Lipinski definition) is 3. The Morgan fingerprint density at radius 3 is 2.35 bits per heavy atom. The Hall–Kier alpha value is -2.40. The highest BCUT2D eigenvalue weighted by atomic mass is 19.1. The molecule has 5 heteroatoms. The van der Waals surface area contributed by atoms with Crippen LogP contribution < -0.4 is 10.2 Å².